The van der Waals surface area contributed by atoms with Crippen LogP contribution in [0, 0.1) is 0 Å². The lowest BCUT2D eigenvalue weighted by atomic mass is 10.3. The van der Waals surface area contributed by atoms with E-state index in [0.717, 1.165) is 37.8 Å². The average molecular weight is 274 g/mol. The molecule has 0 aromatic carbocycles. The van der Waals surface area contributed by atoms with Gasteiger partial charge in [-0.05, 0) is 19.2 Å². The minimum Gasteiger partial charge on any atom is -0.467 e. The SMILES string of the molecule is CN1CCN(c2cnnc(NCc3ccco3)n2)CC1. The van der Waals surface area contributed by atoms with E-state index in [1.165, 1.54) is 0 Å². The van der Waals surface area contributed by atoms with Gasteiger partial charge >= 0.3 is 0 Å². The van der Waals surface area contributed by atoms with Crippen molar-refractivity contribution in [3.63, 3.8) is 0 Å². The lowest BCUT2D eigenvalue weighted by molar-refractivity contribution is 0.312. The summed E-state index contributed by atoms with van der Waals surface area (Å²) < 4.78 is 5.26. The summed E-state index contributed by atoms with van der Waals surface area (Å²) in [7, 11) is 2.13. The topological polar surface area (TPSA) is 70.3 Å². The van der Waals surface area contributed by atoms with Crippen molar-refractivity contribution in [2.45, 2.75) is 6.54 Å². The Bertz CT molecular complexity index is 536. The zero-order valence-corrected chi connectivity index (χ0v) is 11.5. The maximum atomic E-state index is 5.26. The first kappa shape index (κ1) is 12.9. The van der Waals surface area contributed by atoms with Crippen LogP contribution in [0.5, 0.6) is 0 Å². The summed E-state index contributed by atoms with van der Waals surface area (Å²) in [4.78, 5) is 9.04. The summed E-state index contributed by atoms with van der Waals surface area (Å²) >= 11 is 0. The molecule has 3 heterocycles. The van der Waals surface area contributed by atoms with E-state index in [9.17, 15) is 0 Å². The van der Waals surface area contributed by atoms with Gasteiger partial charge in [-0.1, -0.05) is 0 Å². The van der Waals surface area contributed by atoms with Gasteiger partial charge in [0, 0.05) is 26.2 Å². The van der Waals surface area contributed by atoms with Gasteiger partial charge in [0.05, 0.1) is 19.0 Å². The Balaban J connectivity index is 1.63. The molecule has 1 aliphatic rings. The van der Waals surface area contributed by atoms with Crippen molar-refractivity contribution < 1.29 is 4.42 Å². The Morgan fingerprint density at radius 3 is 2.90 bits per heavy atom. The molecule has 106 valence electrons. The van der Waals surface area contributed by atoms with Crippen LogP contribution < -0.4 is 10.2 Å². The molecule has 3 rings (SSSR count). The fourth-order valence-electron chi connectivity index (χ4n) is 2.14. The van der Waals surface area contributed by atoms with Crippen molar-refractivity contribution in [1.82, 2.24) is 20.1 Å². The molecule has 2 aromatic rings. The van der Waals surface area contributed by atoms with Gasteiger partial charge in [0.2, 0.25) is 5.95 Å². The summed E-state index contributed by atoms with van der Waals surface area (Å²) in [6.07, 6.45) is 3.36. The fraction of sp³-hybridized carbons (Fsp3) is 0.462. The largest absolute Gasteiger partial charge is 0.467 e. The Morgan fingerprint density at radius 1 is 1.30 bits per heavy atom. The average Bonchev–Trinajstić information content (AvgIpc) is 3.00. The van der Waals surface area contributed by atoms with Crippen molar-refractivity contribution in [2.75, 3.05) is 43.4 Å². The number of likely N-dealkylation sites (N-methyl/N-ethyl adjacent to an activating group) is 1. The maximum absolute atomic E-state index is 5.26. The molecule has 0 spiro atoms. The third-order valence-electron chi connectivity index (χ3n) is 3.37. The second-order valence-corrected chi connectivity index (χ2v) is 4.86. The molecule has 7 heteroatoms. The molecule has 0 aliphatic carbocycles. The highest BCUT2D eigenvalue weighted by atomic mass is 16.3. The zero-order valence-electron chi connectivity index (χ0n) is 11.5. The Hall–Kier alpha value is -2.15. The van der Waals surface area contributed by atoms with Crippen LogP contribution in [0.2, 0.25) is 0 Å². The van der Waals surface area contributed by atoms with Crippen LogP contribution in [0.15, 0.2) is 29.0 Å². The summed E-state index contributed by atoms with van der Waals surface area (Å²) in [5.74, 6) is 2.24. The number of rotatable bonds is 4. The molecule has 1 N–H and O–H groups in total. The van der Waals surface area contributed by atoms with Gasteiger partial charge < -0.3 is 19.5 Å². The first-order valence-corrected chi connectivity index (χ1v) is 6.71. The van der Waals surface area contributed by atoms with Gasteiger partial charge in [-0.3, -0.25) is 0 Å². The zero-order chi connectivity index (χ0) is 13.8. The second kappa shape index (κ2) is 5.87. The van der Waals surface area contributed by atoms with Gasteiger partial charge in [0.15, 0.2) is 5.82 Å². The van der Waals surface area contributed by atoms with Gasteiger partial charge in [0.25, 0.3) is 0 Å². The molecule has 0 atom stereocenters. The van der Waals surface area contributed by atoms with Crippen LogP contribution in [0.25, 0.3) is 0 Å². The summed E-state index contributed by atoms with van der Waals surface area (Å²) in [5.41, 5.74) is 0. The molecular formula is C13H18N6O. The van der Waals surface area contributed by atoms with Crippen LogP contribution in [0.3, 0.4) is 0 Å². The van der Waals surface area contributed by atoms with E-state index in [0.29, 0.717) is 12.5 Å². The summed E-state index contributed by atoms with van der Waals surface area (Å²) in [5, 5.41) is 11.1. The molecule has 2 aromatic heterocycles. The predicted octanol–water partition coefficient (Wildman–Crippen LogP) is 0.828. The van der Waals surface area contributed by atoms with Crippen LogP contribution in [-0.2, 0) is 6.54 Å². The van der Waals surface area contributed by atoms with Crippen molar-refractivity contribution in [3.05, 3.63) is 30.4 Å². The minimum absolute atomic E-state index is 0.526. The Labute approximate surface area is 117 Å². The molecule has 1 aliphatic heterocycles. The van der Waals surface area contributed by atoms with Crippen molar-refractivity contribution in [3.8, 4) is 0 Å². The highest BCUT2D eigenvalue weighted by Crippen LogP contribution is 2.13. The van der Waals surface area contributed by atoms with Gasteiger partial charge in [-0.2, -0.15) is 10.1 Å². The smallest absolute Gasteiger partial charge is 0.245 e. The van der Waals surface area contributed by atoms with E-state index in [-0.39, 0.29) is 0 Å². The maximum Gasteiger partial charge on any atom is 0.245 e. The number of nitrogens with one attached hydrogen (secondary N) is 1. The van der Waals surface area contributed by atoms with E-state index in [1.54, 1.807) is 12.5 Å². The monoisotopic (exact) mass is 274 g/mol. The van der Waals surface area contributed by atoms with E-state index in [4.69, 9.17) is 4.42 Å². The van der Waals surface area contributed by atoms with E-state index < -0.39 is 0 Å². The van der Waals surface area contributed by atoms with Crippen LogP contribution in [0.1, 0.15) is 5.76 Å². The van der Waals surface area contributed by atoms with Crippen molar-refractivity contribution in [1.29, 1.82) is 0 Å². The standard InChI is InChI=1S/C13H18N6O/c1-18-4-6-19(7-5-18)12-10-15-17-13(16-12)14-9-11-3-2-8-20-11/h2-3,8,10H,4-7,9H2,1H3,(H,14,16,17). The minimum atomic E-state index is 0.526. The second-order valence-electron chi connectivity index (χ2n) is 4.86. The fourth-order valence-corrected chi connectivity index (χ4v) is 2.14. The van der Waals surface area contributed by atoms with Crippen LogP contribution in [0.4, 0.5) is 11.8 Å². The van der Waals surface area contributed by atoms with Gasteiger partial charge in [0.1, 0.15) is 5.76 Å². The lowest BCUT2D eigenvalue weighted by Crippen LogP contribution is -2.44. The van der Waals surface area contributed by atoms with Gasteiger partial charge in [-0.15, -0.1) is 5.10 Å². The number of hydrogen-bond acceptors (Lipinski definition) is 7. The van der Waals surface area contributed by atoms with E-state index >= 15 is 0 Å². The molecule has 0 saturated carbocycles. The first-order chi connectivity index (χ1) is 9.81. The van der Waals surface area contributed by atoms with Gasteiger partial charge in [-0.25, -0.2) is 0 Å². The number of furan rings is 1. The number of nitrogens with zero attached hydrogens (tertiary/aromatic N) is 5. The van der Waals surface area contributed by atoms with Crippen molar-refractivity contribution >= 4 is 11.8 Å². The van der Waals surface area contributed by atoms with Crippen LogP contribution in [-0.4, -0.2) is 53.3 Å². The normalized spacial score (nSPS) is 16.4. The number of aromatic nitrogens is 3. The van der Waals surface area contributed by atoms with E-state index in [2.05, 4.69) is 37.3 Å². The van der Waals surface area contributed by atoms with E-state index in [1.807, 2.05) is 12.1 Å². The third-order valence-corrected chi connectivity index (χ3v) is 3.37. The number of anilines is 2. The predicted molar refractivity (Wildman–Crippen MR) is 75.6 cm³/mol. The lowest BCUT2D eigenvalue weighted by Gasteiger charge is -2.32. The molecule has 1 fully saturated rings. The first-order valence-electron chi connectivity index (χ1n) is 6.71. The molecule has 0 amide bonds. The molecule has 0 radical (unpaired) electrons. The molecular weight excluding hydrogens is 256 g/mol. The van der Waals surface area contributed by atoms with Crippen LogP contribution >= 0.6 is 0 Å². The highest BCUT2D eigenvalue weighted by molar-refractivity contribution is 5.40. The molecule has 0 bridgehead atoms. The Morgan fingerprint density at radius 2 is 2.15 bits per heavy atom. The quantitative estimate of drug-likeness (QED) is 0.885. The number of hydrogen-bond donors (Lipinski definition) is 1. The van der Waals surface area contributed by atoms with Crippen molar-refractivity contribution in [2.24, 2.45) is 0 Å². The Kier molecular flexibility index (Phi) is 3.78. The molecule has 0 unspecified atom stereocenters. The summed E-state index contributed by atoms with van der Waals surface area (Å²) in [6, 6.07) is 3.77. The third kappa shape index (κ3) is 3.05. The molecule has 1 saturated heterocycles. The molecule has 20 heavy (non-hydrogen) atoms. The highest BCUT2D eigenvalue weighted by Gasteiger charge is 2.16. The molecule has 7 nitrogen and oxygen atoms in total. The summed E-state index contributed by atoms with van der Waals surface area (Å²) in [6.45, 7) is 4.57. The number of piperazine rings is 1.